The molecule has 0 aliphatic carbocycles. The summed E-state index contributed by atoms with van der Waals surface area (Å²) in [6.45, 7) is 6.56. The number of carbonyl (C=O) groups is 1. The van der Waals surface area contributed by atoms with Gasteiger partial charge < -0.3 is 14.8 Å². The summed E-state index contributed by atoms with van der Waals surface area (Å²) in [5.74, 6) is 1.13. The minimum atomic E-state index is -0.0858. The molecule has 0 aliphatic rings. The molecule has 0 unspecified atom stereocenters. The summed E-state index contributed by atoms with van der Waals surface area (Å²) in [6.07, 6.45) is 5.65. The lowest BCUT2D eigenvalue weighted by Crippen LogP contribution is -2.24. The lowest BCUT2D eigenvalue weighted by Gasteiger charge is -2.14. The van der Waals surface area contributed by atoms with E-state index in [1.807, 2.05) is 6.07 Å². The first-order valence-corrected chi connectivity index (χ1v) is 7.31. The maximum absolute atomic E-state index is 12.2. The van der Waals surface area contributed by atoms with Crippen molar-refractivity contribution in [2.24, 2.45) is 0 Å². The lowest BCUT2D eigenvalue weighted by atomic mass is 10.0. The molecule has 0 bridgehead atoms. The van der Waals surface area contributed by atoms with Gasteiger partial charge in [0.05, 0.1) is 14.2 Å². The number of hydrogen-bond acceptors (Lipinski definition) is 3. The minimum Gasteiger partial charge on any atom is -0.493 e. The van der Waals surface area contributed by atoms with Crippen LogP contribution in [-0.4, -0.2) is 26.7 Å². The average Bonchev–Trinajstić information content (AvgIpc) is 2.50. The Kier molecular flexibility index (Phi) is 7.37. The fourth-order valence-electron chi connectivity index (χ4n) is 2.16. The largest absolute Gasteiger partial charge is 0.493 e. The molecule has 1 amide bonds. The van der Waals surface area contributed by atoms with E-state index in [-0.39, 0.29) is 5.91 Å². The van der Waals surface area contributed by atoms with E-state index in [1.54, 1.807) is 26.4 Å². The molecule has 0 aliphatic heterocycles. The maximum Gasteiger partial charge on any atom is 0.251 e. The Morgan fingerprint density at radius 1 is 1.29 bits per heavy atom. The second kappa shape index (κ2) is 9.06. The lowest BCUT2D eigenvalue weighted by molar-refractivity contribution is 0.0952. The van der Waals surface area contributed by atoms with Gasteiger partial charge >= 0.3 is 0 Å². The van der Waals surface area contributed by atoms with Crippen LogP contribution in [0.5, 0.6) is 11.5 Å². The zero-order valence-electron chi connectivity index (χ0n) is 13.2. The highest BCUT2D eigenvalue weighted by atomic mass is 16.5. The third-order valence-electron chi connectivity index (χ3n) is 3.25. The molecule has 4 nitrogen and oxygen atoms in total. The fraction of sp³-hybridized carbons (Fsp3) is 0.471. The molecule has 0 heterocycles. The van der Waals surface area contributed by atoms with Crippen LogP contribution in [0.1, 0.15) is 42.1 Å². The summed E-state index contributed by atoms with van der Waals surface area (Å²) in [5, 5.41) is 2.93. The van der Waals surface area contributed by atoms with Crippen molar-refractivity contribution in [2.45, 2.75) is 32.6 Å². The highest BCUT2D eigenvalue weighted by molar-refractivity contribution is 5.95. The van der Waals surface area contributed by atoms with Crippen molar-refractivity contribution in [3.05, 3.63) is 35.9 Å². The van der Waals surface area contributed by atoms with Crippen LogP contribution in [-0.2, 0) is 6.42 Å². The van der Waals surface area contributed by atoms with Crippen molar-refractivity contribution in [3.63, 3.8) is 0 Å². The summed E-state index contributed by atoms with van der Waals surface area (Å²) in [4.78, 5) is 12.2. The van der Waals surface area contributed by atoms with E-state index in [4.69, 9.17) is 9.47 Å². The summed E-state index contributed by atoms with van der Waals surface area (Å²) in [6, 6.07) is 3.54. The average molecular weight is 291 g/mol. The molecule has 1 aromatic rings. The molecule has 0 spiro atoms. The predicted molar refractivity (Wildman–Crippen MR) is 85.3 cm³/mol. The van der Waals surface area contributed by atoms with Gasteiger partial charge in [-0.05, 0) is 25.0 Å². The number of ether oxygens (including phenoxy) is 2. The summed E-state index contributed by atoms with van der Waals surface area (Å²) >= 11 is 0. The second-order valence-electron chi connectivity index (χ2n) is 4.83. The number of unbranched alkanes of at least 4 members (excludes halogenated alkanes) is 2. The van der Waals surface area contributed by atoms with Crippen LogP contribution < -0.4 is 14.8 Å². The van der Waals surface area contributed by atoms with Gasteiger partial charge in [0.1, 0.15) is 0 Å². The number of carbonyl (C=O) groups excluding carboxylic acids is 1. The van der Waals surface area contributed by atoms with Gasteiger partial charge in [-0.2, -0.15) is 0 Å². The number of rotatable bonds is 9. The SMILES string of the molecule is C=CCc1cc(C(=O)NCCCCC)cc(OC)c1OC. The molecule has 1 aromatic carbocycles. The molecule has 0 aromatic heterocycles. The topological polar surface area (TPSA) is 47.6 Å². The van der Waals surface area contributed by atoms with Crippen LogP contribution in [0.15, 0.2) is 24.8 Å². The van der Waals surface area contributed by atoms with Crippen molar-refractivity contribution in [2.75, 3.05) is 20.8 Å². The van der Waals surface area contributed by atoms with Crippen molar-refractivity contribution >= 4 is 5.91 Å². The third-order valence-corrected chi connectivity index (χ3v) is 3.25. The van der Waals surface area contributed by atoms with E-state index in [2.05, 4.69) is 18.8 Å². The van der Waals surface area contributed by atoms with Crippen molar-refractivity contribution in [1.82, 2.24) is 5.32 Å². The van der Waals surface area contributed by atoms with Crippen LogP contribution in [0.2, 0.25) is 0 Å². The monoisotopic (exact) mass is 291 g/mol. The Labute approximate surface area is 127 Å². The molecule has 21 heavy (non-hydrogen) atoms. The normalized spacial score (nSPS) is 10.0. The number of benzene rings is 1. The van der Waals surface area contributed by atoms with Crippen molar-refractivity contribution < 1.29 is 14.3 Å². The molecule has 0 atom stereocenters. The summed E-state index contributed by atoms with van der Waals surface area (Å²) < 4.78 is 10.7. The molecule has 116 valence electrons. The van der Waals surface area contributed by atoms with Gasteiger partial charge in [0, 0.05) is 17.7 Å². The number of amides is 1. The van der Waals surface area contributed by atoms with Gasteiger partial charge in [-0.25, -0.2) is 0 Å². The molecular formula is C17H25NO3. The number of hydrogen-bond donors (Lipinski definition) is 1. The number of nitrogens with one attached hydrogen (secondary N) is 1. The van der Waals surface area contributed by atoms with E-state index in [9.17, 15) is 4.79 Å². The van der Waals surface area contributed by atoms with Crippen LogP contribution in [0, 0.1) is 0 Å². The van der Waals surface area contributed by atoms with E-state index in [0.717, 1.165) is 24.8 Å². The Morgan fingerprint density at radius 2 is 2.05 bits per heavy atom. The van der Waals surface area contributed by atoms with E-state index < -0.39 is 0 Å². The number of methoxy groups -OCH3 is 2. The zero-order valence-corrected chi connectivity index (χ0v) is 13.2. The predicted octanol–water partition coefficient (Wildman–Crippen LogP) is 3.35. The summed E-state index contributed by atoms with van der Waals surface area (Å²) in [5.41, 5.74) is 1.48. The first-order chi connectivity index (χ1) is 10.2. The Hall–Kier alpha value is -1.97. The first kappa shape index (κ1) is 17.1. The van der Waals surface area contributed by atoms with Crippen molar-refractivity contribution in [1.29, 1.82) is 0 Å². The van der Waals surface area contributed by atoms with E-state index >= 15 is 0 Å². The smallest absolute Gasteiger partial charge is 0.251 e. The van der Waals surface area contributed by atoms with Gasteiger partial charge in [0.2, 0.25) is 0 Å². The summed E-state index contributed by atoms with van der Waals surface area (Å²) in [7, 11) is 3.16. The molecule has 4 heteroatoms. The quantitative estimate of drug-likeness (QED) is 0.560. The molecule has 1 rings (SSSR count). The molecule has 0 radical (unpaired) electrons. The van der Waals surface area contributed by atoms with Crippen LogP contribution in [0.4, 0.5) is 0 Å². The van der Waals surface area contributed by atoms with Crippen molar-refractivity contribution in [3.8, 4) is 11.5 Å². The van der Waals surface area contributed by atoms with Gasteiger partial charge in [-0.3, -0.25) is 4.79 Å². The molecule has 0 saturated carbocycles. The van der Waals surface area contributed by atoms with Crippen LogP contribution in [0.25, 0.3) is 0 Å². The second-order valence-corrected chi connectivity index (χ2v) is 4.83. The van der Waals surface area contributed by atoms with E-state index in [1.165, 1.54) is 0 Å². The Morgan fingerprint density at radius 3 is 2.62 bits per heavy atom. The molecule has 1 N–H and O–H groups in total. The van der Waals surface area contributed by atoms with Gasteiger partial charge in [0.15, 0.2) is 11.5 Å². The fourth-order valence-corrected chi connectivity index (χ4v) is 2.16. The minimum absolute atomic E-state index is 0.0858. The highest BCUT2D eigenvalue weighted by Gasteiger charge is 2.15. The third kappa shape index (κ3) is 4.81. The first-order valence-electron chi connectivity index (χ1n) is 7.31. The van der Waals surface area contributed by atoms with Crippen LogP contribution >= 0.6 is 0 Å². The highest BCUT2D eigenvalue weighted by Crippen LogP contribution is 2.33. The zero-order chi connectivity index (χ0) is 15.7. The Bertz CT molecular complexity index is 483. The van der Waals surface area contributed by atoms with Gasteiger partial charge in [-0.1, -0.05) is 25.8 Å². The Balaban J connectivity index is 2.93. The van der Waals surface area contributed by atoms with Crippen LogP contribution in [0.3, 0.4) is 0 Å². The van der Waals surface area contributed by atoms with E-state index in [0.29, 0.717) is 30.0 Å². The standard InChI is InChI=1S/C17H25NO3/c1-5-7-8-10-18-17(19)14-11-13(9-6-2)16(21-4)15(12-14)20-3/h6,11-12H,2,5,7-10H2,1,3-4H3,(H,18,19). The van der Waals surface area contributed by atoms with Gasteiger partial charge in [0.25, 0.3) is 5.91 Å². The van der Waals surface area contributed by atoms with Gasteiger partial charge in [-0.15, -0.1) is 6.58 Å². The number of allylic oxidation sites excluding steroid dienone is 1. The maximum atomic E-state index is 12.2. The molecule has 0 saturated heterocycles. The molecule has 0 fully saturated rings. The molecular weight excluding hydrogens is 266 g/mol.